The number of hydrogen-bond acceptors (Lipinski definition) is 5. The van der Waals surface area contributed by atoms with Crippen LogP contribution < -0.4 is 14.8 Å². The molecule has 0 unspecified atom stereocenters. The Balaban J connectivity index is 1.73. The maximum absolute atomic E-state index is 12.4. The molecule has 26 heavy (non-hydrogen) atoms. The van der Waals surface area contributed by atoms with Gasteiger partial charge in [-0.15, -0.1) is 0 Å². The summed E-state index contributed by atoms with van der Waals surface area (Å²) < 4.78 is 11.3. The Bertz CT molecular complexity index is 803. The molecule has 0 atom stereocenters. The first-order valence-electron chi connectivity index (χ1n) is 8.38. The summed E-state index contributed by atoms with van der Waals surface area (Å²) in [6.07, 6.45) is 4.28. The number of aromatic nitrogens is 1. The zero-order chi connectivity index (χ0) is 18.6. The van der Waals surface area contributed by atoms with Gasteiger partial charge in [0.2, 0.25) is 0 Å². The van der Waals surface area contributed by atoms with Crippen LogP contribution in [0.4, 0.5) is 0 Å². The van der Waals surface area contributed by atoms with E-state index in [1.807, 2.05) is 19.1 Å². The molecule has 7 heteroatoms. The summed E-state index contributed by atoms with van der Waals surface area (Å²) in [5.41, 5.74) is 0.113. The lowest BCUT2D eigenvalue weighted by molar-refractivity contribution is -0.140. The quantitative estimate of drug-likeness (QED) is 0.754. The van der Waals surface area contributed by atoms with Crippen molar-refractivity contribution in [2.24, 2.45) is 0 Å². The monoisotopic (exact) mass is 356 g/mol. The first kappa shape index (κ1) is 17.7. The number of hydrogen-bond donors (Lipinski definition) is 2. The SMILES string of the molecule is CCOc1cc(C(=O)NC2(C(=O)O)CC2)ccc1OCc1cccnc1. The van der Waals surface area contributed by atoms with Gasteiger partial charge in [-0.3, -0.25) is 9.78 Å². The molecule has 7 nitrogen and oxygen atoms in total. The number of amides is 1. The minimum absolute atomic E-state index is 0.321. The lowest BCUT2D eigenvalue weighted by Crippen LogP contribution is -2.43. The third kappa shape index (κ3) is 3.93. The number of carbonyl (C=O) groups is 2. The first-order chi connectivity index (χ1) is 12.5. The van der Waals surface area contributed by atoms with Crippen LogP contribution in [0.3, 0.4) is 0 Å². The topological polar surface area (TPSA) is 97.8 Å². The molecule has 0 radical (unpaired) electrons. The number of nitrogens with zero attached hydrogens (tertiary/aromatic N) is 1. The molecule has 1 aliphatic rings. The van der Waals surface area contributed by atoms with E-state index in [-0.39, 0.29) is 0 Å². The predicted octanol–water partition coefficient (Wildman–Crippen LogP) is 2.41. The van der Waals surface area contributed by atoms with Crippen LogP contribution in [-0.4, -0.2) is 34.1 Å². The summed E-state index contributed by atoms with van der Waals surface area (Å²) in [7, 11) is 0. The number of rotatable bonds is 8. The van der Waals surface area contributed by atoms with Crippen LogP contribution in [-0.2, 0) is 11.4 Å². The van der Waals surface area contributed by atoms with E-state index in [1.54, 1.807) is 30.6 Å². The van der Waals surface area contributed by atoms with E-state index >= 15 is 0 Å². The van der Waals surface area contributed by atoms with Gasteiger partial charge in [0.05, 0.1) is 6.61 Å². The summed E-state index contributed by atoms with van der Waals surface area (Å²) in [6, 6.07) is 8.53. The van der Waals surface area contributed by atoms with Gasteiger partial charge in [0.25, 0.3) is 5.91 Å². The molecule has 0 saturated heterocycles. The number of benzene rings is 1. The fraction of sp³-hybridized carbons (Fsp3) is 0.316. The molecular formula is C19H20N2O5. The molecule has 1 saturated carbocycles. The fourth-order valence-corrected chi connectivity index (χ4v) is 2.49. The van der Waals surface area contributed by atoms with Crippen LogP contribution >= 0.6 is 0 Å². The highest BCUT2D eigenvalue weighted by molar-refractivity contribution is 5.99. The Morgan fingerprint density at radius 2 is 2.04 bits per heavy atom. The van der Waals surface area contributed by atoms with Crippen LogP contribution in [0.1, 0.15) is 35.7 Å². The molecule has 1 aromatic heterocycles. The zero-order valence-electron chi connectivity index (χ0n) is 14.4. The summed E-state index contributed by atoms with van der Waals surface area (Å²) in [5, 5.41) is 11.8. The van der Waals surface area contributed by atoms with Crippen molar-refractivity contribution in [1.29, 1.82) is 0 Å². The molecule has 1 aliphatic carbocycles. The van der Waals surface area contributed by atoms with Gasteiger partial charge in [-0.25, -0.2) is 4.79 Å². The summed E-state index contributed by atoms with van der Waals surface area (Å²) in [6.45, 7) is 2.57. The zero-order valence-corrected chi connectivity index (χ0v) is 14.4. The first-order valence-corrected chi connectivity index (χ1v) is 8.38. The van der Waals surface area contributed by atoms with Gasteiger partial charge < -0.3 is 19.9 Å². The van der Waals surface area contributed by atoms with E-state index in [1.165, 1.54) is 0 Å². The van der Waals surface area contributed by atoms with Gasteiger partial charge in [-0.2, -0.15) is 0 Å². The fourth-order valence-electron chi connectivity index (χ4n) is 2.49. The number of carboxylic acid groups (broad SMARTS) is 1. The molecule has 136 valence electrons. The van der Waals surface area contributed by atoms with Crippen LogP contribution in [0.2, 0.25) is 0 Å². The Kier molecular flexibility index (Phi) is 5.06. The normalized spacial score (nSPS) is 14.3. The van der Waals surface area contributed by atoms with Crippen LogP contribution in [0.5, 0.6) is 11.5 Å². The molecule has 0 bridgehead atoms. The maximum Gasteiger partial charge on any atom is 0.329 e. The van der Waals surface area contributed by atoms with Gasteiger partial charge in [-0.05, 0) is 44.0 Å². The van der Waals surface area contributed by atoms with Gasteiger partial charge >= 0.3 is 5.97 Å². The van der Waals surface area contributed by atoms with Crippen molar-refractivity contribution in [3.05, 3.63) is 53.9 Å². The van der Waals surface area contributed by atoms with Crippen molar-refractivity contribution in [2.45, 2.75) is 31.9 Å². The molecule has 3 rings (SSSR count). The standard InChI is InChI=1S/C19H20N2O5/c1-2-25-16-10-14(17(22)21-19(7-8-19)18(23)24)5-6-15(16)26-12-13-4-3-9-20-11-13/h3-6,9-11H,2,7-8,12H2,1H3,(H,21,22)(H,23,24). The molecular weight excluding hydrogens is 336 g/mol. The second kappa shape index (κ2) is 7.43. The molecule has 1 heterocycles. The average molecular weight is 356 g/mol. The van der Waals surface area contributed by atoms with Gasteiger partial charge in [-0.1, -0.05) is 6.07 Å². The molecule has 1 aromatic carbocycles. The average Bonchev–Trinajstić information content (AvgIpc) is 3.42. The molecule has 1 amide bonds. The smallest absolute Gasteiger partial charge is 0.329 e. The van der Waals surface area contributed by atoms with Crippen molar-refractivity contribution >= 4 is 11.9 Å². The third-order valence-electron chi connectivity index (χ3n) is 4.14. The number of nitrogens with one attached hydrogen (secondary N) is 1. The highest BCUT2D eigenvalue weighted by atomic mass is 16.5. The number of aliphatic carboxylic acids is 1. The van der Waals surface area contributed by atoms with Crippen molar-refractivity contribution in [3.8, 4) is 11.5 Å². The second-order valence-corrected chi connectivity index (χ2v) is 6.09. The maximum atomic E-state index is 12.4. The third-order valence-corrected chi connectivity index (χ3v) is 4.14. The van der Waals surface area contributed by atoms with E-state index in [0.717, 1.165) is 5.56 Å². The highest BCUT2D eigenvalue weighted by Gasteiger charge is 2.51. The van der Waals surface area contributed by atoms with Gasteiger partial charge in [0, 0.05) is 23.5 Å². The minimum atomic E-state index is -1.13. The van der Waals surface area contributed by atoms with Crippen molar-refractivity contribution in [2.75, 3.05) is 6.61 Å². The Hall–Kier alpha value is -3.09. The van der Waals surface area contributed by atoms with Crippen molar-refractivity contribution < 1.29 is 24.2 Å². The lowest BCUT2D eigenvalue weighted by Gasteiger charge is -2.15. The Morgan fingerprint density at radius 1 is 1.23 bits per heavy atom. The highest BCUT2D eigenvalue weighted by Crippen LogP contribution is 2.36. The molecule has 0 aliphatic heterocycles. The summed E-state index contributed by atoms with van der Waals surface area (Å²) in [5.74, 6) is -0.507. The Morgan fingerprint density at radius 3 is 2.65 bits per heavy atom. The second-order valence-electron chi connectivity index (χ2n) is 6.09. The van der Waals surface area contributed by atoms with E-state index in [4.69, 9.17) is 9.47 Å². The minimum Gasteiger partial charge on any atom is -0.490 e. The molecule has 2 aromatic rings. The Labute approximate surface area is 151 Å². The van der Waals surface area contributed by atoms with Crippen LogP contribution in [0.25, 0.3) is 0 Å². The van der Waals surface area contributed by atoms with Crippen molar-refractivity contribution in [1.82, 2.24) is 10.3 Å². The van der Waals surface area contributed by atoms with E-state index in [9.17, 15) is 14.7 Å². The van der Waals surface area contributed by atoms with Crippen LogP contribution in [0.15, 0.2) is 42.7 Å². The number of carboxylic acids is 1. The molecule has 1 fully saturated rings. The van der Waals surface area contributed by atoms with Gasteiger partial charge in [0.1, 0.15) is 12.1 Å². The van der Waals surface area contributed by atoms with Crippen LogP contribution in [0, 0.1) is 0 Å². The van der Waals surface area contributed by atoms with E-state index in [2.05, 4.69) is 10.3 Å². The summed E-state index contributed by atoms with van der Waals surface area (Å²) >= 11 is 0. The van der Waals surface area contributed by atoms with E-state index in [0.29, 0.717) is 43.1 Å². The number of pyridine rings is 1. The van der Waals surface area contributed by atoms with Gasteiger partial charge in [0.15, 0.2) is 11.5 Å². The largest absolute Gasteiger partial charge is 0.490 e. The molecule has 0 spiro atoms. The predicted molar refractivity (Wildman–Crippen MR) is 93.2 cm³/mol. The molecule has 2 N–H and O–H groups in total. The number of ether oxygens (including phenoxy) is 2. The van der Waals surface area contributed by atoms with E-state index < -0.39 is 17.4 Å². The summed E-state index contributed by atoms with van der Waals surface area (Å²) in [4.78, 5) is 27.6. The van der Waals surface area contributed by atoms with Crippen molar-refractivity contribution in [3.63, 3.8) is 0 Å². The lowest BCUT2D eigenvalue weighted by atomic mass is 10.1. The number of carbonyl (C=O) groups excluding carboxylic acids is 1.